The molecule has 1 aromatic heterocycles. The van der Waals surface area contributed by atoms with E-state index in [2.05, 4.69) is 93.0 Å². The fourth-order valence-corrected chi connectivity index (χ4v) is 2.71. The fourth-order valence-electron chi connectivity index (χ4n) is 2.71. The van der Waals surface area contributed by atoms with Gasteiger partial charge in [-0.15, -0.1) is 10.2 Å². The number of hydrogen-bond acceptors (Lipinski definition) is 4. The van der Waals surface area contributed by atoms with E-state index in [1.54, 1.807) is 0 Å². The number of pyridine rings is 1. The largest absolute Gasteiger partial charge is 0.222 e. The minimum absolute atomic E-state index is 1.25. The number of aryl methyl sites for hydroxylation is 3. The van der Waals surface area contributed by atoms with Crippen molar-refractivity contribution in [1.29, 1.82) is 0 Å². The molecule has 0 bridgehead atoms. The molecule has 3 rings (SSSR count). The molecule has 6 heteroatoms. The maximum atomic E-state index is 8.49. The molecule has 0 radical (unpaired) electrons. The first kappa shape index (κ1) is 21.0. The zero-order valence-corrected chi connectivity index (χ0v) is 16.5. The summed E-state index contributed by atoms with van der Waals surface area (Å²) in [5.41, 5.74) is 8.88. The molecule has 5 nitrogen and oxygen atoms in total. The minimum Gasteiger partial charge on any atom is -0.222 e. The van der Waals surface area contributed by atoms with Gasteiger partial charge < -0.3 is 0 Å². The number of rotatable bonds is 2. The first-order valence-electron chi connectivity index (χ1n) is 8.31. The van der Waals surface area contributed by atoms with E-state index in [1.165, 1.54) is 39.2 Å². The molecule has 0 aliphatic rings. The van der Waals surface area contributed by atoms with Gasteiger partial charge in [0.2, 0.25) is 5.69 Å². The zero-order chi connectivity index (χ0) is 20.2. The highest BCUT2D eigenvalue weighted by molar-refractivity contribution is 5.69. The van der Waals surface area contributed by atoms with Gasteiger partial charge >= 0.3 is 0 Å². The normalized spacial score (nSPS) is 11.0. The lowest BCUT2D eigenvalue weighted by molar-refractivity contribution is -2.00. The summed E-state index contributed by atoms with van der Waals surface area (Å²) >= 11 is 0. The predicted octanol–water partition coefficient (Wildman–Crippen LogP) is 0.0144. The molecule has 0 fully saturated rings. The Kier molecular flexibility index (Phi) is 6.70. The number of hydrogen-bond donors (Lipinski definition) is 0. The molecule has 0 atom stereocenters. The van der Waals surface area contributed by atoms with Crippen molar-refractivity contribution in [2.45, 2.75) is 20.8 Å². The molecule has 0 saturated carbocycles. The van der Waals surface area contributed by atoms with E-state index in [0.29, 0.717) is 0 Å². The van der Waals surface area contributed by atoms with Crippen molar-refractivity contribution >= 4 is 0 Å². The molecule has 1 heterocycles. The second-order valence-electron chi connectivity index (χ2n) is 6.44. The maximum absolute atomic E-state index is 8.49. The van der Waals surface area contributed by atoms with Gasteiger partial charge in [-0.1, -0.05) is 47.5 Å². The van der Waals surface area contributed by atoms with E-state index in [1.807, 2.05) is 0 Å². The van der Waals surface area contributed by atoms with Crippen LogP contribution in [-0.2, 0) is 7.05 Å². The average molecular weight is 388 g/mol. The predicted molar refractivity (Wildman–Crippen MR) is 92.7 cm³/mol. The number of aromatic nitrogens is 1. The molecule has 0 aliphatic carbocycles. The van der Waals surface area contributed by atoms with Crippen molar-refractivity contribution in [2.75, 3.05) is 0 Å². The lowest BCUT2D eigenvalue weighted by atomic mass is 10.0. The van der Waals surface area contributed by atoms with Crippen LogP contribution in [0, 0.1) is 31.0 Å². The van der Waals surface area contributed by atoms with Gasteiger partial charge in [-0.25, -0.2) is 18.6 Å². The average Bonchev–Trinajstić information content (AvgIpc) is 2.57. The van der Waals surface area contributed by atoms with Crippen LogP contribution in [0.25, 0.3) is 22.4 Å². The standard InChI is InChI=1S/C21H22N.ClHO4/c1-15-5-9-18(10-6-15)20-13-17(3)22(4)21(14-20)19-11-7-16(2)8-12-19;2-1(3,4)5/h5-14H,1-4H3;(H,2,3,4,5)/q+1;/p-1. The van der Waals surface area contributed by atoms with Gasteiger partial charge in [0, 0.05) is 24.6 Å². The Balaban J connectivity index is 0.000000465. The summed E-state index contributed by atoms with van der Waals surface area (Å²) in [4.78, 5) is 0. The van der Waals surface area contributed by atoms with Crippen LogP contribution in [0.5, 0.6) is 0 Å². The summed E-state index contributed by atoms with van der Waals surface area (Å²) in [6.45, 7) is 6.41. The first-order valence-corrected chi connectivity index (χ1v) is 9.54. The Morgan fingerprint density at radius 1 is 0.630 bits per heavy atom. The van der Waals surface area contributed by atoms with Crippen LogP contribution in [0.4, 0.5) is 0 Å². The molecule has 0 N–H and O–H groups in total. The summed E-state index contributed by atoms with van der Waals surface area (Å²) in [5.74, 6) is 0. The van der Waals surface area contributed by atoms with E-state index in [-0.39, 0.29) is 0 Å². The van der Waals surface area contributed by atoms with Gasteiger partial charge in [0.05, 0.1) is 0 Å². The molecule has 3 aromatic rings. The lowest BCUT2D eigenvalue weighted by Crippen LogP contribution is -2.68. The van der Waals surface area contributed by atoms with Crippen LogP contribution >= 0.6 is 0 Å². The van der Waals surface area contributed by atoms with Crippen molar-refractivity contribution in [3.63, 3.8) is 0 Å². The topological polar surface area (TPSA) is 96.1 Å². The Bertz CT molecular complexity index is 895. The van der Waals surface area contributed by atoms with E-state index < -0.39 is 10.2 Å². The van der Waals surface area contributed by atoms with Crippen molar-refractivity contribution < 1.29 is 33.4 Å². The summed E-state index contributed by atoms with van der Waals surface area (Å²) in [7, 11) is -2.82. The molecule has 0 amide bonds. The van der Waals surface area contributed by atoms with Gasteiger partial charge in [0.25, 0.3) is 0 Å². The molecule has 142 valence electrons. The SMILES string of the molecule is Cc1ccc(-c2cc(C)[n+](C)c(-c3ccc(C)cc3)c2)cc1.[O-][Cl+3]([O-])([O-])[O-]. The van der Waals surface area contributed by atoms with E-state index >= 15 is 0 Å². The zero-order valence-electron chi connectivity index (χ0n) is 15.7. The third-order valence-electron chi connectivity index (χ3n) is 4.28. The van der Waals surface area contributed by atoms with Gasteiger partial charge in [0.1, 0.15) is 7.05 Å². The van der Waals surface area contributed by atoms with Crippen LogP contribution in [0.3, 0.4) is 0 Å². The van der Waals surface area contributed by atoms with Crippen LogP contribution in [0.15, 0.2) is 60.7 Å². The molecular formula is C21H22ClNO4. The third kappa shape index (κ3) is 6.43. The Morgan fingerprint density at radius 2 is 1.04 bits per heavy atom. The van der Waals surface area contributed by atoms with E-state index in [9.17, 15) is 0 Å². The fraction of sp³-hybridized carbons (Fsp3) is 0.190. The smallest absolute Gasteiger partial charge is 0.213 e. The number of halogens is 1. The van der Waals surface area contributed by atoms with Crippen molar-refractivity contribution in [2.24, 2.45) is 7.05 Å². The Hall–Kier alpha value is -2.28. The highest BCUT2D eigenvalue weighted by Gasteiger charge is 2.15. The van der Waals surface area contributed by atoms with E-state index in [4.69, 9.17) is 18.6 Å². The second kappa shape index (κ2) is 8.61. The Morgan fingerprint density at radius 3 is 1.48 bits per heavy atom. The molecule has 2 aromatic carbocycles. The monoisotopic (exact) mass is 387 g/mol. The van der Waals surface area contributed by atoms with Crippen molar-refractivity contribution in [3.05, 3.63) is 77.5 Å². The third-order valence-corrected chi connectivity index (χ3v) is 4.28. The van der Waals surface area contributed by atoms with Gasteiger partial charge in [0.15, 0.2) is 5.69 Å². The molecule has 0 unspecified atom stereocenters. The van der Waals surface area contributed by atoms with Crippen LogP contribution in [0.1, 0.15) is 16.8 Å². The van der Waals surface area contributed by atoms with Crippen molar-refractivity contribution in [3.8, 4) is 22.4 Å². The number of nitrogens with zero attached hydrogens (tertiary/aromatic N) is 1. The second-order valence-corrected chi connectivity index (χ2v) is 7.20. The first-order chi connectivity index (χ1) is 12.5. The van der Waals surface area contributed by atoms with E-state index in [0.717, 1.165) is 0 Å². The summed E-state index contributed by atoms with van der Waals surface area (Å²) in [6, 6.07) is 22.0. The number of benzene rings is 2. The highest BCUT2D eigenvalue weighted by Crippen LogP contribution is 2.25. The van der Waals surface area contributed by atoms with Crippen molar-refractivity contribution in [1.82, 2.24) is 0 Å². The van der Waals surface area contributed by atoms with Crippen LogP contribution in [0.2, 0.25) is 0 Å². The highest BCUT2D eigenvalue weighted by atomic mass is 35.7. The van der Waals surface area contributed by atoms with Crippen LogP contribution in [-0.4, -0.2) is 0 Å². The lowest BCUT2D eigenvalue weighted by Gasteiger charge is -2.17. The summed E-state index contributed by atoms with van der Waals surface area (Å²) in [6.07, 6.45) is 0. The molecule has 0 saturated heterocycles. The maximum Gasteiger partial charge on any atom is 0.213 e. The summed E-state index contributed by atoms with van der Waals surface area (Å²) in [5, 5.41) is 0. The quantitative estimate of drug-likeness (QED) is 0.579. The van der Waals surface area contributed by atoms with Gasteiger partial charge in [-0.3, -0.25) is 0 Å². The van der Waals surface area contributed by atoms with Crippen LogP contribution < -0.4 is 23.2 Å². The summed E-state index contributed by atoms with van der Waals surface area (Å²) < 4.78 is 36.2. The minimum atomic E-state index is -4.94. The molecule has 0 aliphatic heterocycles. The molecular weight excluding hydrogens is 366 g/mol. The molecule has 27 heavy (non-hydrogen) atoms. The van der Waals surface area contributed by atoms with Gasteiger partial charge in [-0.2, -0.15) is 4.57 Å². The Labute approximate surface area is 161 Å². The van der Waals surface area contributed by atoms with Gasteiger partial charge in [-0.05, 0) is 37.1 Å². The molecule has 0 spiro atoms.